The maximum Gasteiger partial charge on any atom is 0.237 e. The van der Waals surface area contributed by atoms with Gasteiger partial charge in [-0.3, -0.25) is 4.79 Å². The van der Waals surface area contributed by atoms with Crippen molar-refractivity contribution < 1.29 is 9.18 Å². The molecule has 88 valence electrons. The molecule has 1 N–H and O–H groups in total. The topological polar surface area (TPSA) is 29.1 Å². The van der Waals surface area contributed by atoms with Gasteiger partial charge < -0.3 is 5.32 Å². The van der Waals surface area contributed by atoms with Crippen LogP contribution >= 0.6 is 12.6 Å². The minimum Gasteiger partial charge on any atom is -0.325 e. The number of thiol groups is 1. The zero-order chi connectivity index (χ0) is 12.3. The Hall–Kier alpha value is -1.03. The van der Waals surface area contributed by atoms with Gasteiger partial charge in [-0.1, -0.05) is 13.8 Å². The summed E-state index contributed by atoms with van der Waals surface area (Å²) in [6.07, 6.45) is 0. The van der Waals surface area contributed by atoms with Gasteiger partial charge in [0.05, 0.1) is 5.25 Å². The molecule has 0 aliphatic rings. The van der Waals surface area contributed by atoms with Gasteiger partial charge in [0.1, 0.15) is 5.82 Å². The Balaban J connectivity index is 2.77. The van der Waals surface area contributed by atoms with E-state index in [-0.39, 0.29) is 22.9 Å². The van der Waals surface area contributed by atoms with Crippen LogP contribution in [0.15, 0.2) is 18.2 Å². The first kappa shape index (κ1) is 13.0. The molecule has 0 aliphatic heterocycles. The summed E-state index contributed by atoms with van der Waals surface area (Å²) in [6, 6.07) is 4.43. The van der Waals surface area contributed by atoms with Crippen LogP contribution in [0.5, 0.6) is 0 Å². The minimum atomic E-state index is -0.386. The SMILES string of the molecule is Cc1cc(F)cc(NC(=O)C(S)C(C)C)c1. The normalized spacial score (nSPS) is 12.6. The predicted octanol–water partition coefficient (Wildman–Crippen LogP) is 3.03. The molecule has 1 aromatic carbocycles. The van der Waals surface area contributed by atoms with Crippen molar-refractivity contribution in [2.24, 2.45) is 5.92 Å². The summed E-state index contributed by atoms with van der Waals surface area (Å²) in [4.78, 5) is 11.7. The van der Waals surface area contributed by atoms with Gasteiger partial charge in [0.25, 0.3) is 0 Å². The number of hydrogen-bond donors (Lipinski definition) is 2. The molecule has 1 amide bonds. The number of amides is 1. The van der Waals surface area contributed by atoms with Gasteiger partial charge in [0.15, 0.2) is 0 Å². The lowest BCUT2D eigenvalue weighted by atomic mass is 10.1. The Morgan fingerprint density at radius 2 is 2.00 bits per heavy atom. The molecule has 16 heavy (non-hydrogen) atoms. The van der Waals surface area contributed by atoms with Crippen molar-refractivity contribution in [3.63, 3.8) is 0 Å². The van der Waals surface area contributed by atoms with E-state index < -0.39 is 0 Å². The van der Waals surface area contributed by atoms with Crippen molar-refractivity contribution in [1.29, 1.82) is 0 Å². The number of aryl methyl sites for hydroxylation is 1. The summed E-state index contributed by atoms with van der Waals surface area (Å²) in [5, 5.41) is 2.26. The molecule has 1 rings (SSSR count). The molecular formula is C12H16FNOS. The molecule has 0 radical (unpaired) electrons. The van der Waals surface area contributed by atoms with Gasteiger partial charge in [0.2, 0.25) is 5.91 Å². The standard InChI is InChI=1S/C12H16FNOS/c1-7(2)11(16)12(15)14-10-5-8(3)4-9(13)6-10/h4-7,11,16H,1-3H3,(H,14,15). The first-order valence-corrected chi connectivity index (χ1v) is 5.68. The maximum atomic E-state index is 13.1. The Bertz CT molecular complexity index is 372. The summed E-state index contributed by atoms with van der Waals surface area (Å²) < 4.78 is 13.1. The van der Waals surface area contributed by atoms with Crippen LogP contribution in [-0.2, 0) is 4.79 Å². The number of hydrogen-bond acceptors (Lipinski definition) is 2. The van der Waals surface area contributed by atoms with Crippen molar-refractivity contribution in [2.75, 3.05) is 5.32 Å². The van der Waals surface area contributed by atoms with E-state index in [4.69, 9.17) is 0 Å². The fourth-order valence-electron chi connectivity index (χ4n) is 1.33. The van der Waals surface area contributed by atoms with Crippen molar-refractivity contribution in [1.82, 2.24) is 0 Å². The highest BCUT2D eigenvalue weighted by atomic mass is 32.1. The number of anilines is 1. The van der Waals surface area contributed by atoms with E-state index in [1.165, 1.54) is 12.1 Å². The lowest BCUT2D eigenvalue weighted by Crippen LogP contribution is -2.27. The lowest BCUT2D eigenvalue weighted by Gasteiger charge is -2.14. The van der Waals surface area contributed by atoms with Gasteiger partial charge in [-0.15, -0.1) is 0 Å². The lowest BCUT2D eigenvalue weighted by molar-refractivity contribution is -0.116. The predicted molar refractivity (Wildman–Crippen MR) is 67.4 cm³/mol. The maximum absolute atomic E-state index is 13.1. The number of carbonyl (C=O) groups is 1. The van der Waals surface area contributed by atoms with Gasteiger partial charge in [0, 0.05) is 5.69 Å². The van der Waals surface area contributed by atoms with Crippen LogP contribution in [-0.4, -0.2) is 11.2 Å². The molecule has 1 unspecified atom stereocenters. The molecule has 0 spiro atoms. The quantitative estimate of drug-likeness (QED) is 0.783. The summed E-state index contributed by atoms with van der Waals surface area (Å²) in [5.74, 6) is -0.420. The van der Waals surface area contributed by atoms with Gasteiger partial charge in [-0.05, 0) is 36.6 Å². The molecule has 0 fully saturated rings. The first-order valence-electron chi connectivity index (χ1n) is 5.16. The van der Waals surface area contributed by atoms with E-state index in [1.807, 2.05) is 13.8 Å². The highest BCUT2D eigenvalue weighted by molar-refractivity contribution is 7.81. The molecule has 1 atom stereocenters. The van der Waals surface area contributed by atoms with Crippen LogP contribution in [0.25, 0.3) is 0 Å². The summed E-state index contributed by atoms with van der Waals surface area (Å²) in [5.41, 5.74) is 1.25. The Labute approximate surface area is 101 Å². The van der Waals surface area contributed by atoms with E-state index >= 15 is 0 Å². The molecule has 2 nitrogen and oxygen atoms in total. The summed E-state index contributed by atoms with van der Waals surface area (Å²) in [6.45, 7) is 5.60. The Morgan fingerprint density at radius 1 is 1.38 bits per heavy atom. The van der Waals surface area contributed by atoms with Gasteiger partial charge in [-0.25, -0.2) is 4.39 Å². The van der Waals surface area contributed by atoms with Crippen LogP contribution < -0.4 is 5.32 Å². The van der Waals surface area contributed by atoms with Crippen molar-refractivity contribution in [3.8, 4) is 0 Å². The van der Waals surface area contributed by atoms with Crippen LogP contribution in [0.4, 0.5) is 10.1 Å². The molecule has 0 saturated carbocycles. The van der Waals surface area contributed by atoms with Gasteiger partial charge >= 0.3 is 0 Å². The van der Waals surface area contributed by atoms with E-state index in [1.54, 1.807) is 13.0 Å². The van der Waals surface area contributed by atoms with E-state index in [0.717, 1.165) is 5.56 Å². The number of carbonyl (C=O) groups excluding carboxylic acids is 1. The monoisotopic (exact) mass is 241 g/mol. The van der Waals surface area contributed by atoms with E-state index in [0.29, 0.717) is 5.69 Å². The largest absolute Gasteiger partial charge is 0.325 e. The van der Waals surface area contributed by atoms with Gasteiger partial charge in [-0.2, -0.15) is 12.6 Å². The minimum absolute atomic E-state index is 0.137. The summed E-state index contributed by atoms with van der Waals surface area (Å²) >= 11 is 4.20. The average molecular weight is 241 g/mol. The highest BCUT2D eigenvalue weighted by Gasteiger charge is 2.17. The molecule has 0 aromatic heterocycles. The third kappa shape index (κ3) is 3.52. The van der Waals surface area contributed by atoms with Crippen molar-refractivity contribution in [2.45, 2.75) is 26.0 Å². The second-order valence-corrected chi connectivity index (χ2v) is 4.75. The second kappa shape index (κ2) is 5.34. The molecule has 0 bridgehead atoms. The fraction of sp³-hybridized carbons (Fsp3) is 0.417. The van der Waals surface area contributed by atoms with Crippen LogP contribution in [0.3, 0.4) is 0 Å². The highest BCUT2D eigenvalue weighted by Crippen LogP contribution is 2.16. The zero-order valence-electron chi connectivity index (χ0n) is 9.62. The molecule has 0 aliphatic carbocycles. The number of rotatable bonds is 3. The zero-order valence-corrected chi connectivity index (χ0v) is 10.5. The molecular weight excluding hydrogens is 225 g/mol. The van der Waals surface area contributed by atoms with E-state index in [9.17, 15) is 9.18 Å². The third-order valence-corrected chi connectivity index (χ3v) is 3.04. The van der Waals surface area contributed by atoms with Crippen LogP contribution in [0.2, 0.25) is 0 Å². The van der Waals surface area contributed by atoms with Crippen molar-refractivity contribution in [3.05, 3.63) is 29.6 Å². The number of nitrogens with one attached hydrogen (secondary N) is 1. The summed E-state index contributed by atoms with van der Waals surface area (Å²) in [7, 11) is 0. The molecule has 0 saturated heterocycles. The average Bonchev–Trinajstić information content (AvgIpc) is 2.14. The second-order valence-electron chi connectivity index (χ2n) is 4.20. The third-order valence-electron chi connectivity index (χ3n) is 2.21. The van der Waals surface area contributed by atoms with Crippen molar-refractivity contribution >= 4 is 24.2 Å². The molecule has 4 heteroatoms. The Kier molecular flexibility index (Phi) is 4.35. The van der Waals surface area contributed by atoms with Crippen LogP contribution in [0.1, 0.15) is 19.4 Å². The first-order chi connectivity index (χ1) is 7.40. The number of benzene rings is 1. The molecule has 1 aromatic rings. The van der Waals surface area contributed by atoms with Crippen LogP contribution in [0, 0.1) is 18.7 Å². The molecule has 0 heterocycles. The Morgan fingerprint density at radius 3 is 2.50 bits per heavy atom. The number of halogens is 1. The fourth-order valence-corrected chi connectivity index (χ4v) is 1.39. The smallest absolute Gasteiger partial charge is 0.237 e. The van der Waals surface area contributed by atoms with E-state index in [2.05, 4.69) is 17.9 Å².